The van der Waals surface area contributed by atoms with Crippen molar-refractivity contribution in [1.29, 1.82) is 0 Å². The summed E-state index contributed by atoms with van der Waals surface area (Å²) < 4.78 is 6.60. The predicted molar refractivity (Wildman–Crippen MR) is 67.8 cm³/mol. The van der Waals surface area contributed by atoms with Crippen LogP contribution in [0.4, 0.5) is 0 Å². The zero-order valence-corrected chi connectivity index (χ0v) is 10.7. The van der Waals surface area contributed by atoms with Crippen molar-refractivity contribution >= 4 is 12.0 Å². The molecule has 0 saturated carbocycles. The van der Waals surface area contributed by atoms with E-state index < -0.39 is 0 Å². The lowest BCUT2D eigenvalue weighted by molar-refractivity contribution is -0.127. The Morgan fingerprint density at radius 3 is 2.94 bits per heavy atom. The minimum Gasteiger partial charge on any atom is -0.395 e. The molecule has 1 rings (SSSR count). The zero-order chi connectivity index (χ0) is 13.4. The summed E-state index contributed by atoms with van der Waals surface area (Å²) in [5.74, 6) is -0.151. The summed E-state index contributed by atoms with van der Waals surface area (Å²) in [4.78, 5) is 13.4. The lowest BCUT2D eigenvalue weighted by Crippen LogP contribution is -2.34. The fourth-order valence-corrected chi connectivity index (χ4v) is 1.46. The van der Waals surface area contributed by atoms with Crippen LogP contribution in [0.2, 0.25) is 0 Å². The molecular formula is C12H19N3O3. The van der Waals surface area contributed by atoms with Gasteiger partial charge in [-0.15, -0.1) is 0 Å². The van der Waals surface area contributed by atoms with Crippen LogP contribution in [0.25, 0.3) is 6.08 Å². The number of nitrogens with zero attached hydrogens (tertiary/aromatic N) is 3. The highest BCUT2D eigenvalue weighted by Crippen LogP contribution is 2.01. The van der Waals surface area contributed by atoms with Gasteiger partial charge in [-0.25, -0.2) is 0 Å². The molecule has 0 atom stereocenters. The van der Waals surface area contributed by atoms with Crippen molar-refractivity contribution in [2.24, 2.45) is 7.05 Å². The smallest absolute Gasteiger partial charge is 0.246 e. The quantitative estimate of drug-likeness (QED) is 0.689. The molecule has 0 aliphatic carbocycles. The molecule has 1 N–H and O–H groups in total. The monoisotopic (exact) mass is 253 g/mol. The maximum atomic E-state index is 11.9. The van der Waals surface area contributed by atoms with E-state index in [2.05, 4.69) is 5.10 Å². The third-order valence-electron chi connectivity index (χ3n) is 2.50. The predicted octanol–water partition coefficient (Wildman–Crippen LogP) is -0.0994. The Labute approximate surface area is 106 Å². The largest absolute Gasteiger partial charge is 0.395 e. The molecule has 0 saturated heterocycles. The molecule has 0 aromatic carbocycles. The van der Waals surface area contributed by atoms with Gasteiger partial charge in [0.2, 0.25) is 5.91 Å². The maximum Gasteiger partial charge on any atom is 0.246 e. The molecule has 1 amide bonds. The number of carbonyl (C=O) groups is 1. The Kier molecular flexibility index (Phi) is 6.10. The number of ether oxygens (including phenoxy) is 1. The Hall–Kier alpha value is -1.66. The highest BCUT2D eigenvalue weighted by molar-refractivity contribution is 5.91. The number of hydrogen-bond donors (Lipinski definition) is 1. The minimum absolute atomic E-state index is 0.0605. The fourth-order valence-electron chi connectivity index (χ4n) is 1.46. The molecule has 1 heterocycles. The number of methoxy groups -OCH3 is 1. The Morgan fingerprint density at radius 1 is 1.61 bits per heavy atom. The second kappa shape index (κ2) is 7.62. The second-order valence-corrected chi connectivity index (χ2v) is 3.75. The number of amides is 1. The average molecular weight is 253 g/mol. The number of aliphatic hydroxyl groups excluding tert-OH is 1. The first-order chi connectivity index (χ1) is 8.69. The second-order valence-electron chi connectivity index (χ2n) is 3.75. The Balaban J connectivity index is 2.60. The van der Waals surface area contributed by atoms with Gasteiger partial charge in [0, 0.05) is 39.5 Å². The van der Waals surface area contributed by atoms with Gasteiger partial charge in [0.05, 0.1) is 18.9 Å². The molecule has 1 aromatic heterocycles. The van der Waals surface area contributed by atoms with Crippen molar-refractivity contribution in [2.45, 2.75) is 0 Å². The molecule has 0 radical (unpaired) electrons. The van der Waals surface area contributed by atoms with Gasteiger partial charge >= 0.3 is 0 Å². The van der Waals surface area contributed by atoms with E-state index >= 15 is 0 Å². The van der Waals surface area contributed by atoms with E-state index in [0.29, 0.717) is 19.7 Å². The Morgan fingerprint density at radius 2 is 2.39 bits per heavy atom. The van der Waals surface area contributed by atoms with Gasteiger partial charge < -0.3 is 14.7 Å². The summed E-state index contributed by atoms with van der Waals surface area (Å²) in [5.41, 5.74) is 0.846. The molecule has 0 aliphatic rings. The lowest BCUT2D eigenvalue weighted by atomic mass is 10.3. The minimum atomic E-state index is -0.151. The van der Waals surface area contributed by atoms with Crippen LogP contribution in [0.3, 0.4) is 0 Å². The number of aryl methyl sites for hydroxylation is 1. The van der Waals surface area contributed by atoms with Crippen LogP contribution in [0.1, 0.15) is 5.69 Å². The molecule has 18 heavy (non-hydrogen) atoms. The van der Waals surface area contributed by atoms with E-state index in [9.17, 15) is 4.79 Å². The number of aliphatic hydroxyl groups is 1. The fraction of sp³-hybridized carbons (Fsp3) is 0.500. The van der Waals surface area contributed by atoms with Crippen LogP contribution in [0.5, 0.6) is 0 Å². The molecule has 6 nitrogen and oxygen atoms in total. The third kappa shape index (κ3) is 4.31. The topological polar surface area (TPSA) is 67.6 Å². The number of hydrogen-bond acceptors (Lipinski definition) is 4. The van der Waals surface area contributed by atoms with Crippen molar-refractivity contribution in [3.63, 3.8) is 0 Å². The summed E-state index contributed by atoms with van der Waals surface area (Å²) >= 11 is 0. The molecule has 1 aromatic rings. The van der Waals surface area contributed by atoms with Crippen LogP contribution in [0.15, 0.2) is 18.3 Å². The summed E-state index contributed by atoms with van der Waals surface area (Å²) in [6, 6.07) is 1.81. The van der Waals surface area contributed by atoms with E-state index in [-0.39, 0.29) is 12.5 Å². The molecule has 0 unspecified atom stereocenters. The summed E-state index contributed by atoms with van der Waals surface area (Å²) in [5, 5.41) is 12.9. The van der Waals surface area contributed by atoms with E-state index in [4.69, 9.17) is 9.84 Å². The van der Waals surface area contributed by atoms with E-state index in [0.717, 1.165) is 5.69 Å². The van der Waals surface area contributed by atoms with Gasteiger partial charge in [-0.3, -0.25) is 9.48 Å². The SMILES string of the molecule is COCCN(CCO)C(=O)/C=C/c1ccnn1C. The van der Waals surface area contributed by atoms with Crippen molar-refractivity contribution in [1.82, 2.24) is 14.7 Å². The highest BCUT2D eigenvalue weighted by atomic mass is 16.5. The summed E-state index contributed by atoms with van der Waals surface area (Å²) in [7, 11) is 3.38. The van der Waals surface area contributed by atoms with Crippen LogP contribution >= 0.6 is 0 Å². The first kappa shape index (κ1) is 14.4. The van der Waals surface area contributed by atoms with Crippen LogP contribution in [-0.4, -0.2) is 59.1 Å². The van der Waals surface area contributed by atoms with Crippen LogP contribution < -0.4 is 0 Å². The van der Waals surface area contributed by atoms with Crippen molar-refractivity contribution < 1.29 is 14.6 Å². The summed E-state index contributed by atoms with van der Waals surface area (Å²) in [6.45, 7) is 1.16. The molecule has 100 valence electrons. The van der Waals surface area contributed by atoms with Crippen LogP contribution in [0, 0.1) is 0 Å². The molecular weight excluding hydrogens is 234 g/mol. The molecule has 6 heteroatoms. The number of rotatable bonds is 7. The van der Waals surface area contributed by atoms with Gasteiger partial charge in [-0.05, 0) is 12.1 Å². The van der Waals surface area contributed by atoms with Crippen LogP contribution in [-0.2, 0) is 16.6 Å². The van der Waals surface area contributed by atoms with E-state index in [1.165, 1.54) is 11.0 Å². The number of aromatic nitrogens is 2. The number of carbonyl (C=O) groups excluding carboxylic acids is 1. The standard InChI is InChI=1S/C12H19N3O3/c1-14-11(5-6-13-14)3-4-12(17)15(7-9-16)8-10-18-2/h3-6,16H,7-10H2,1-2H3/b4-3+. The van der Waals surface area contributed by atoms with Gasteiger partial charge in [-0.1, -0.05) is 0 Å². The van der Waals surface area contributed by atoms with Gasteiger partial charge in [0.25, 0.3) is 0 Å². The van der Waals surface area contributed by atoms with Crippen molar-refractivity contribution in [3.8, 4) is 0 Å². The zero-order valence-electron chi connectivity index (χ0n) is 10.7. The Bertz CT molecular complexity index is 401. The first-order valence-corrected chi connectivity index (χ1v) is 5.74. The van der Waals surface area contributed by atoms with Gasteiger partial charge in [-0.2, -0.15) is 5.10 Å². The lowest BCUT2D eigenvalue weighted by Gasteiger charge is -2.19. The average Bonchev–Trinajstić information content (AvgIpc) is 2.77. The molecule has 0 bridgehead atoms. The maximum absolute atomic E-state index is 11.9. The van der Waals surface area contributed by atoms with Crippen molar-refractivity contribution in [3.05, 3.63) is 24.0 Å². The van der Waals surface area contributed by atoms with E-state index in [1.54, 1.807) is 31.1 Å². The molecule has 0 fully saturated rings. The molecule has 0 spiro atoms. The third-order valence-corrected chi connectivity index (χ3v) is 2.50. The van der Waals surface area contributed by atoms with Gasteiger partial charge in [0.15, 0.2) is 0 Å². The van der Waals surface area contributed by atoms with Gasteiger partial charge in [0.1, 0.15) is 0 Å². The summed E-state index contributed by atoms with van der Waals surface area (Å²) in [6.07, 6.45) is 4.84. The van der Waals surface area contributed by atoms with Crippen molar-refractivity contribution in [2.75, 3.05) is 33.4 Å². The molecule has 0 aliphatic heterocycles. The normalized spacial score (nSPS) is 11.1. The first-order valence-electron chi connectivity index (χ1n) is 5.74. The highest BCUT2D eigenvalue weighted by Gasteiger charge is 2.09. The van der Waals surface area contributed by atoms with E-state index in [1.807, 2.05) is 6.07 Å².